The predicted octanol–water partition coefficient (Wildman–Crippen LogP) is 4.99. The first-order chi connectivity index (χ1) is 15.2. The minimum Gasteiger partial charge on any atom is -0.347 e. The van der Waals surface area contributed by atoms with Crippen LogP contribution in [0, 0.1) is 13.8 Å². The molecule has 1 amide bonds. The van der Waals surface area contributed by atoms with Gasteiger partial charge in [-0.2, -0.15) is 0 Å². The standard InChI is InChI=1S/C26H36N2O3S/c1-6-23(22-15-14-20-10-8-9-11-21(20)17-22)27-26(29)24(7-2)28(32(5,30)31)25-16-18(3)12-13-19(25)4/h12-17,23-24H,6-11H2,1-5H3,(H,27,29)/t23-,24+/m1/s1. The largest absolute Gasteiger partial charge is 0.347 e. The summed E-state index contributed by atoms with van der Waals surface area (Å²) in [5, 5.41) is 3.15. The summed E-state index contributed by atoms with van der Waals surface area (Å²) in [5.41, 5.74) is 6.22. The molecule has 5 nitrogen and oxygen atoms in total. The Morgan fingerprint density at radius 1 is 1.00 bits per heavy atom. The van der Waals surface area contributed by atoms with Crippen molar-refractivity contribution in [2.75, 3.05) is 10.6 Å². The number of hydrogen-bond acceptors (Lipinski definition) is 3. The summed E-state index contributed by atoms with van der Waals surface area (Å²) in [7, 11) is -3.66. The van der Waals surface area contributed by atoms with E-state index in [1.54, 1.807) is 0 Å². The van der Waals surface area contributed by atoms with Crippen molar-refractivity contribution in [1.29, 1.82) is 0 Å². The number of nitrogens with one attached hydrogen (secondary N) is 1. The molecule has 1 aliphatic rings. The van der Waals surface area contributed by atoms with E-state index in [9.17, 15) is 13.2 Å². The van der Waals surface area contributed by atoms with E-state index in [4.69, 9.17) is 0 Å². The highest BCUT2D eigenvalue weighted by atomic mass is 32.2. The van der Waals surface area contributed by atoms with Gasteiger partial charge in [-0.15, -0.1) is 0 Å². The van der Waals surface area contributed by atoms with Crippen molar-refractivity contribution in [3.8, 4) is 0 Å². The van der Waals surface area contributed by atoms with E-state index >= 15 is 0 Å². The van der Waals surface area contributed by atoms with E-state index in [1.807, 2.05) is 45.9 Å². The molecule has 2 atom stereocenters. The number of carbonyl (C=O) groups excluding carboxylic acids is 1. The number of aryl methyl sites for hydroxylation is 4. The molecule has 0 unspecified atom stereocenters. The molecule has 0 heterocycles. The minimum atomic E-state index is -3.66. The summed E-state index contributed by atoms with van der Waals surface area (Å²) in [6.07, 6.45) is 6.94. The lowest BCUT2D eigenvalue weighted by molar-refractivity contribution is -0.123. The topological polar surface area (TPSA) is 66.5 Å². The molecule has 1 aliphatic carbocycles. The summed E-state index contributed by atoms with van der Waals surface area (Å²) in [6, 6.07) is 11.3. The van der Waals surface area contributed by atoms with Crippen LogP contribution in [0.15, 0.2) is 36.4 Å². The highest BCUT2D eigenvalue weighted by molar-refractivity contribution is 7.92. The van der Waals surface area contributed by atoms with Gasteiger partial charge in [0.15, 0.2) is 0 Å². The van der Waals surface area contributed by atoms with Gasteiger partial charge in [-0.1, -0.05) is 44.2 Å². The van der Waals surface area contributed by atoms with Crippen molar-refractivity contribution in [3.05, 3.63) is 64.2 Å². The summed E-state index contributed by atoms with van der Waals surface area (Å²) in [4.78, 5) is 13.4. The SMILES string of the molecule is CC[C@@H](NC(=O)[C@H](CC)N(c1cc(C)ccc1C)S(C)(=O)=O)c1ccc2c(c1)CCCC2. The summed E-state index contributed by atoms with van der Waals surface area (Å²) in [5.74, 6) is -0.261. The number of nitrogens with zero attached hydrogens (tertiary/aromatic N) is 1. The number of anilines is 1. The van der Waals surface area contributed by atoms with Crippen LogP contribution >= 0.6 is 0 Å². The third-order valence-corrected chi connectivity index (χ3v) is 7.60. The summed E-state index contributed by atoms with van der Waals surface area (Å²) in [6.45, 7) is 7.70. The molecule has 6 heteroatoms. The second-order valence-electron chi connectivity index (χ2n) is 8.98. The van der Waals surface area contributed by atoms with E-state index < -0.39 is 16.1 Å². The van der Waals surface area contributed by atoms with Crippen LogP contribution < -0.4 is 9.62 Å². The number of rotatable bonds is 8. The van der Waals surface area contributed by atoms with Crippen molar-refractivity contribution in [2.24, 2.45) is 0 Å². The van der Waals surface area contributed by atoms with Gasteiger partial charge in [0.25, 0.3) is 0 Å². The number of sulfonamides is 1. The van der Waals surface area contributed by atoms with Gasteiger partial charge in [-0.05, 0) is 86.3 Å². The van der Waals surface area contributed by atoms with Crippen LogP contribution in [0.1, 0.15) is 73.4 Å². The Bertz CT molecular complexity index is 1080. The number of amides is 1. The molecule has 1 N–H and O–H groups in total. The molecule has 0 radical (unpaired) electrons. The van der Waals surface area contributed by atoms with Gasteiger partial charge in [-0.25, -0.2) is 8.42 Å². The predicted molar refractivity (Wildman–Crippen MR) is 132 cm³/mol. The Balaban J connectivity index is 1.91. The van der Waals surface area contributed by atoms with E-state index in [2.05, 4.69) is 23.5 Å². The summed E-state index contributed by atoms with van der Waals surface area (Å²) >= 11 is 0. The third kappa shape index (κ3) is 5.34. The molecule has 3 rings (SSSR count). The minimum absolute atomic E-state index is 0.149. The lowest BCUT2D eigenvalue weighted by Crippen LogP contribution is -2.50. The Kier molecular flexibility index (Phi) is 7.65. The maximum Gasteiger partial charge on any atom is 0.244 e. The first-order valence-electron chi connectivity index (χ1n) is 11.6. The zero-order chi connectivity index (χ0) is 23.5. The molecule has 174 valence electrons. The lowest BCUT2D eigenvalue weighted by Gasteiger charge is -2.32. The summed E-state index contributed by atoms with van der Waals surface area (Å²) < 4.78 is 27.0. The average Bonchev–Trinajstić information content (AvgIpc) is 2.76. The van der Waals surface area contributed by atoms with Crippen molar-refractivity contribution in [3.63, 3.8) is 0 Å². The lowest BCUT2D eigenvalue weighted by atomic mass is 9.88. The fourth-order valence-corrected chi connectivity index (χ4v) is 5.91. The molecule has 0 aromatic heterocycles. The van der Waals surface area contributed by atoms with Crippen molar-refractivity contribution < 1.29 is 13.2 Å². The molecule has 0 aliphatic heterocycles. The molecule has 0 saturated heterocycles. The zero-order valence-corrected chi connectivity index (χ0v) is 20.8. The quantitative estimate of drug-likeness (QED) is 0.608. The highest BCUT2D eigenvalue weighted by Gasteiger charge is 2.33. The molecule has 2 aromatic rings. The van der Waals surface area contributed by atoms with Gasteiger partial charge in [-0.3, -0.25) is 9.10 Å². The normalized spacial score (nSPS) is 15.5. The van der Waals surface area contributed by atoms with Crippen molar-refractivity contribution in [2.45, 2.75) is 78.3 Å². The molecule has 2 aromatic carbocycles. The maximum atomic E-state index is 13.4. The van der Waals surface area contributed by atoms with Crippen LogP contribution in [0.2, 0.25) is 0 Å². The number of carbonyl (C=O) groups is 1. The fraction of sp³-hybridized carbons (Fsp3) is 0.500. The van der Waals surface area contributed by atoms with Gasteiger partial charge in [0, 0.05) is 0 Å². The maximum absolute atomic E-state index is 13.4. The van der Waals surface area contributed by atoms with Crippen molar-refractivity contribution >= 4 is 21.6 Å². The molecule has 0 spiro atoms. The van der Waals surface area contributed by atoms with Gasteiger partial charge >= 0.3 is 0 Å². The molecule has 0 bridgehead atoms. The average molecular weight is 457 g/mol. The highest BCUT2D eigenvalue weighted by Crippen LogP contribution is 2.29. The first kappa shape index (κ1) is 24.3. The van der Waals surface area contributed by atoms with Crippen LogP contribution in [0.25, 0.3) is 0 Å². The van der Waals surface area contributed by atoms with Crippen LogP contribution in [0.3, 0.4) is 0 Å². The van der Waals surface area contributed by atoms with E-state index in [0.717, 1.165) is 36.0 Å². The Labute approximate surface area is 193 Å². The smallest absolute Gasteiger partial charge is 0.244 e. The monoisotopic (exact) mass is 456 g/mol. The molecule has 0 saturated carbocycles. The van der Waals surface area contributed by atoms with E-state index in [-0.39, 0.29) is 11.9 Å². The molecular formula is C26H36N2O3S. The van der Waals surface area contributed by atoms with Gasteiger partial charge in [0.1, 0.15) is 6.04 Å². The number of benzene rings is 2. The van der Waals surface area contributed by atoms with Crippen LogP contribution in [0.4, 0.5) is 5.69 Å². The fourth-order valence-electron chi connectivity index (χ4n) is 4.65. The Hall–Kier alpha value is -2.34. The van der Waals surface area contributed by atoms with Crippen LogP contribution in [0.5, 0.6) is 0 Å². The molecular weight excluding hydrogens is 420 g/mol. The second kappa shape index (κ2) is 10.1. The Morgan fingerprint density at radius 3 is 2.31 bits per heavy atom. The number of hydrogen-bond donors (Lipinski definition) is 1. The Morgan fingerprint density at radius 2 is 1.69 bits per heavy atom. The second-order valence-corrected chi connectivity index (χ2v) is 10.8. The van der Waals surface area contributed by atoms with Gasteiger partial charge in [0.2, 0.25) is 15.9 Å². The molecule has 32 heavy (non-hydrogen) atoms. The number of fused-ring (bicyclic) bond motifs is 1. The van der Waals surface area contributed by atoms with Gasteiger partial charge in [0.05, 0.1) is 18.0 Å². The van der Waals surface area contributed by atoms with E-state index in [0.29, 0.717) is 12.1 Å². The third-order valence-electron chi connectivity index (χ3n) is 6.43. The van der Waals surface area contributed by atoms with Crippen LogP contribution in [-0.4, -0.2) is 26.6 Å². The molecule has 0 fully saturated rings. The van der Waals surface area contributed by atoms with Gasteiger partial charge < -0.3 is 5.32 Å². The van der Waals surface area contributed by atoms with Crippen LogP contribution in [-0.2, 0) is 27.7 Å². The van der Waals surface area contributed by atoms with E-state index in [1.165, 1.54) is 34.5 Å². The first-order valence-corrected chi connectivity index (χ1v) is 13.5. The zero-order valence-electron chi connectivity index (χ0n) is 19.9. The van der Waals surface area contributed by atoms with Crippen molar-refractivity contribution in [1.82, 2.24) is 5.32 Å².